The molecule has 0 saturated carbocycles. The van der Waals surface area contributed by atoms with Crippen molar-refractivity contribution in [3.05, 3.63) is 65.5 Å². The van der Waals surface area contributed by atoms with Crippen LogP contribution in [0.25, 0.3) is 11.4 Å². The van der Waals surface area contributed by atoms with E-state index in [2.05, 4.69) is 10.1 Å². The molecule has 3 aromatic rings. The second-order valence-electron chi connectivity index (χ2n) is 5.56. The number of aryl methyl sites for hydroxylation is 1. The zero-order chi connectivity index (χ0) is 16.2. The van der Waals surface area contributed by atoms with Gasteiger partial charge in [-0.1, -0.05) is 35.5 Å². The normalized spacial score (nSPS) is 12.3. The van der Waals surface area contributed by atoms with Crippen molar-refractivity contribution < 1.29 is 14.7 Å². The molecule has 1 aromatic heterocycles. The van der Waals surface area contributed by atoms with Crippen LogP contribution < -0.4 is 0 Å². The van der Waals surface area contributed by atoms with Gasteiger partial charge in [0.1, 0.15) is 5.75 Å². The molecule has 5 nitrogen and oxygen atoms in total. The van der Waals surface area contributed by atoms with Gasteiger partial charge in [-0.2, -0.15) is 4.98 Å². The molecule has 5 heteroatoms. The summed E-state index contributed by atoms with van der Waals surface area (Å²) in [5.74, 6) is 1.06. The van der Waals surface area contributed by atoms with E-state index in [4.69, 9.17) is 4.52 Å². The molecule has 1 heterocycles. The van der Waals surface area contributed by atoms with Gasteiger partial charge in [0, 0.05) is 5.56 Å². The first-order valence-electron chi connectivity index (χ1n) is 7.46. The molecule has 0 aliphatic heterocycles. The minimum Gasteiger partial charge on any atom is -0.508 e. The maximum absolute atomic E-state index is 10.2. The number of hydrogen-bond donors (Lipinski definition) is 2. The van der Waals surface area contributed by atoms with Gasteiger partial charge in [-0.3, -0.25) is 0 Å². The van der Waals surface area contributed by atoms with Crippen molar-refractivity contribution in [2.24, 2.45) is 0 Å². The number of aliphatic hydroxyl groups excluding tert-OH is 1. The predicted octanol–water partition coefficient (Wildman–Crippen LogP) is 2.90. The molecule has 0 saturated heterocycles. The molecule has 0 radical (unpaired) electrons. The van der Waals surface area contributed by atoms with Gasteiger partial charge in [0.25, 0.3) is 0 Å². The maximum Gasteiger partial charge on any atom is 0.229 e. The third kappa shape index (κ3) is 3.76. The molecule has 0 amide bonds. The lowest BCUT2D eigenvalue weighted by atomic mass is 10.1. The number of phenols is 1. The van der Waals surface area contributed by atoms with Gasteiger partial charge in [-0.25, -0.2) is 0 Å². The van der Waals surface area contributed by atoms with Gasteiger partial charge in [0.2, 0.25) is 11.7 Å². The van der Waals surface area contributed by atoms with E-state index in [1.165, 1.54) is 0 Å². The summed E-state index contributed by atoms with van der Waals surface area (Å²) in [6, 6.07) is 14.8. The number of aliphatic hydroxyl groups is 1. The Bertz CT molecular complexity index is 784. The smallest absolute Gasteiger partial charge is 0.229 e. The topological polar surface area (TPSA) is 79.4 Å². The van der Waals surface area contributed by atoms with Crippen molar-refractivity contribution in [3.8, 4) is 17.1 Å². The highest BCUT2D eigenvalue weighted by molar-refractivity contribution is 5.60. The molecule has 0 aliphatic rings. The predicted molar refractivity (Wildman–Crippen MR) is 86.0 cm³/mol. The first-order valence-corrected chi connectivity index (χ1v) is 7.46. The van der Waals surface area contributed by atoms with Crippen LogP contribution in [-0.2, 0) is 12.8 Å². The van der Waals surface area contributed by atoms with Gasteiger partial charge in [0.05, 0.1) is 12.5 Å². The van der Waals surface area contributed by atoms with Gasteiger partial charge in [0.15, 0.2) is 0 Å². The van der Waals surface area contributed by atoms with Gasteiger partial charge in [-0.15, -0.1) is 0 Å². The van der Waals surface area contributed by atoms with Crippen molar-refractivity contribution in [2.75, 3.05) is 0 Å². The number of aromatic nitrogens is 2. The highest BCUT2D eigenvalue weighted by Crippen LogP contribution is 2.24. The average molecular weight is 310 g/mol. The van der Waals surface area contributed by atoms with E-state index >= 15 is 0 Å². The summed E-state index contributed by atoms with van der Waals surface area (Å²) < 4.78 is 5.23. The molecule has 0 bridgehead atoms. The lowest BCUT2D eigenvalue weighted by Gasteiger charge is -2.07. The highest BCUT2D eigenvalue weighted by atomic mass is 16.5. The Morgan fingerprint density at radius 1 is 1.09 bits per heavy atom. The van der Waals surface area contributed by atoms with E-state index in [-0.39, 0.29) is 5.75 Å². The molecular weight excluding hydrogens is 292 g/mol. The molecule has 1 unspecified atom stereocenters. The van der Waals surface area contributed by atoms with E-state index < -0.39 is 6.10 Å². The standard InChI is InChI=1S/C18H18N2O3/c1-12-9-14(21)7-8-16(12)18-19-17(23-20-18)11-15(22)10-13-5-3-2-4-6-13/h2-9,15,21-22H,10-11H2,1H3. The monoisotopic (exact) mass is 310 g/mol. The molecule has 0 aliphatic carbocycles. The highest BCUT2D eigenvalue weighted by Gasteiger charge is 2.15. The number of aromatic hydroxyl groups is 1. The lowest BCUT2D eigenvalue weighted by Crippen LogP contribution is -2.14. The quantitative estimate of drug-likeness (QED) is 0.757. The van der Waals surface area contributed by atoms with Crippen LogP contribution in [0.1, 0.15) is 17.0 Å². The first-order chi connectivity index (χ1) is 11.1. The van der Waals surface area contributed by atoms with Crippen LogP contribution in [0.3, 0.4) is 0 Å². The summed E-state index contributed by atoms with van der Waals surface area (Å²) in [6.07, 6.45) is 0.266. The summed E-state index contributed by atoms with van der Waals surface area (Å²) >= 11 is 0. The molecule has 0 spiro atoms. The van der Waals surface area contributed by atoms with Gasteiger partial charge < -0.3 is 14.7 Å². The number of hydrogen-bond acceptors (Lipinski definition) is 5. The summed E-state index contributed by atoms with van der Waals surface area (Å²) in [5, 5.41) is 23.6. The van der Waals surface area contributed by atoms with Gasteiger partial charge in [-0.05, 0) is 42.7 Å². The van der Waals surface area contributed by atoms with Crippen LogP contribution in [0.5, 0.6) is 5.75 Å². The largest absolute Gasteiger partial charge is 0.508 e. The fourth-order valence-electron chi connectivity index (χ4n) is 2.51. The third-order valence-electron chi connectivity index (χ3n) is 3.64. The van der Waals surface area contributed by atoms with Gasteiger partial charge >= 0.3 is 0 Å². The Kier molecular flexibility index (Phi) is 4.39. The molecule has 0 fully saturated rings. The molecule has 1 atom stereocenters. The van der Waals surface area contributed by atoms with E-state index in [1.807, 2.05) is 37.3 Å². The SMILES string of the molecule is Cc1cc(O)ccc1-c1noc(CC(O)Cc2ccccc2)n1. The Balaban J connectivity index is 1.69. The van der Waals surface area contributed by atoms with Crippen LogP contribution in [-0.4, -0.2) is 26.5 Å². The maximum atomic E-state index is 10.2. The first kappa shape index (κ1) is 15.2. The minimum atomic E-state index is -0.577. The van der Waals surface area contributed by atoms with Crippen molar-refractivity contribution in [3.63, 3.8) is 0 Å². The minimum absolute atomic E-state index is 0.202. The average Bonchev–Trinajstić information content (AvgIpc) is 2.96. The molecule has 2 N–H and O–H groups in total. The van der Waals surface area contributed by atoms with E-state index in [1.54, 1.807) is 18.2 Å². The van der Waals surface area contributed by atoms with Crippen LogP contribution in [0.2, 0.25) is 0 Å². The van der Waals surface area contributed by atoms with Crippen LogP contribution in [0.4, 0.5) is 0 Å². The Morgan fingerprint density at radius 3 is 2.61 bits per heavy atom. The van der Waals surface area contributed by atoms with E-state index in [0.717, 1.165) is 16.7 Å². The molecule has 23 heavy (non-hydrogen) atoms. The van der Waals surface area contributed by atoms with Crippen molar-refractivity contribution >= 4 is 0 Å². The number of nitrogens with zero attached hydrogens (tertiary/aromatic N) is 2. The lowest BCUT2D eigenvalue weighted by molar-refractivity contribution is 0.162. The summed E-state index contributed by atoms with van der Waals surface area (Å²) in [6.45, 7) is 1.87. The number of phenolic OH excluding ortho intramolecular Hbond substituents is 1. The fourth-order valence-corrected chi connectivity index (χ4v) is 2.51. The Labute approximate surface area is 134 Å². The summed E-state index contributed by atoms with van der Waals surface area (Å²) in [7, 11) is 0. The second kappa shape index (κ2) is 6.62. The van der Waals surface area contributed by atoms with Crippen molar-refractivity contribution in [1.29, 1.82) is 0 Å². The van der Waals surface area contributed by atoms with E-state index in [9.17, 15) is 10.2 Å². The summed E-state index contributed by atoms with van der Waals surface area (Å²) in [4.78, 5) is 4.33. The second-order valence-corrected chi connectivity index (χ2v) is 5.56. The third-order valence-corrected chi connectivity index (χ3v) is 3.64. The Morgan fingerprint density at radius 2 is 1.87 bits per heavy atom. The number of rotatable bonds is 5. The molecular formula is C18H18N2O3. The fraction of sp³-hybridized carbons (Fsp3) is 0.222. The van der Waals surface area contributed by atoms with Crippen LogP contribution >= 0.6 is 0 Å². The molecule has 3 rings (SSSR count). The Hall–Kier alpha value is -2.66. The molecule has 2 aromatic carbocycles. The summed E-state index contributed by atoms with van der Waals surface area (Å²) in [5.41, 5.74) is 2.73. The van der Waals surface area contributed by atoms with Crippen molar-refractivity contribution in [2.45, 2.75) is 25.9 Å². The zero-order valence-electron chi connectivity index (χ0n) is 12.8. The van der Waals surface area contributed by atoms with E-state index in [0.29, 0.717) is 24.6 Å². The zero-order valence-corrected chi connectivity index (χ0v) is 12.8. The van der Waals surface area contributed by atoms with Crippen LogP contribution in [0.15, 0.2) is 53.1 Å². The molecule has 118 valence electrons. The van der Waals surface area contributed by atoms with Crippen molar-refractivity contribution in [1.82, 2.24) is 10.1 Å². The number of benzene rings is 2. The van der Waals surface area contributed by atoms with Crippen LogP contribution in [0, 0.1) is 6.92 Å².